The highest BCUT2D eigenvalue weighted by atomic mass is 32.1. The third kappa shape index (κ3) is 6.43. The van der Waals surface area contributed by atoms with Crippen molar-refractivity contribution < 1.29 is 0 Å². The summed E-state index contributed by atoms with van der Waals surface area (Å²) in [6.45, 7) is 31.6. The molecule has 0 amide bonds. The predicted octanol–water partition coefficient (Wildman–Crippen LogP) is 14.0. The van der Waals surface area contributed by atoms with Gasteiger partial charge in [0.25, 0.3) is 6.71 Å². The minimum absolute atomic E-state index is 0.0444. The molecule has 2 nitrogen and oxygen atoms in total. The Balaban J connectivity index is 1.41. The molecule has 0 bridgehead atoms. The standard InChI is InChI=1S/C54H65BN2S/c1-34-29-44-47-45(30-34)57(42-19-15-14-17-35(42)2)48-38-31-36(50(3,4)5)20-21-46(38)58-49(48)55(47)41-32-39-40(54(12,13)28-27-53(39,10)11)33-43(41)56(44)37-18-16-23-51(6,7)25-26-52(8,9)24-22-37/h14-22,29-33H,23-28H2,1-13H3/b18-16-,37-22+. The molecule has 58 heavy (non-hydrogen) atoms. The Bertz CT molecular complexity index is 2550. The van der Waals surface area contributed by atoms with Crippen molar-refractivity contribution in [1.29, 1.82) is 0 Å². The molecule has 0 N–H and O–H groups in total. The average Bonchev–Trinajstić information content (AvgIpc) is 3.52. The molecule has 300 valence electrons. The minimum atomic E-state index is 0.0444. The van der Waals surface area contributed by atoms with Gasteiger partial charge in [-0.3, -0.25) is 0 Å². The maximum absolute atomic E-state index is 2.71. The van der Waals surface area contributed by atoms with E-state index in [1.54, 1.807) is 0 Å². The zero-order valence-electron chi connectivity index (χ0n) is 37.7. The van der Waals surface area contributed by atoms with E-state index < -0.39 is 0 Å². The SMILES string of the molecule is Cc1cc2c3c(c1)N(c1ccccc1C)c1c(sc4ccc(C(C)(C)C)cc14)B3c1cc3c(cc1N2C1=C/CC(C)(C)CCC(C)(C)C/C=C\1)C(C)(C)CCC3(C)C. The fourth-order valence-corrected chi connectivity index (χ4v) is 11.8. The summed E-state index contributed by atoms with van der Waals surface area (Å²) in [5.74, 6) is 0. The van der Waals surface area contributed by atoms with Gasteiger partial charge in [0.2, 0.25) is 0 Å². The number of allylic oxidation sites excluding steroid dienone is 3. The van der Waals surface area contributed by atoms with E-state index in [4.69, 9.17) is 0 Å². The van der Waals surface area contributed by atoms with Crippen LogP contribution in [0.1, 0.15) is 143 Å². The summed E-state index contributed by atoms with van der Waals surface area (Å²) in [5.41, 5.74) is 18.6. The van der Waals surface area contributed by atoms with E-state index in [2.05, 4.69) is 185 Å². The van der Waals surface area contributed by atoms with Crippen LogP contribution >= 0.6 is 11.3 Å². The van der Waals surface area contributed by atoms with Gasteiger partial charge in [-0.15, -0.1) is 11.3 Å². The van der Waals surface area contributed by atoms with Crippen LogP contribution in [0.3, 0.4) is 0 Å². The maximum atomic E-state index is 2.71. The highest BCUT2D eigenvalue weighted by molar-refractivity contribution is 7.33. The quantitative estimate of drug-likeness (QED) is 0.161. The van der Waals surface area contributed by atoms with Gasteiger partial charge in [0, 0.05) is 43.3 Å². The third-order valence-corrected chi connectivity index (χ3v) is 15.8. The maximum Gasteiger partial charge on any atom is 0.264 e. The first kappa shape index (κ1) is 39.4. The first-order valence-corrected chi connectivity index (χ1v) is 22.9. The van der Waals surface area contributed by atoms with Crippen molar-refractivity contribution in [2.75, 3.05) is 9.80 Å². The zero-order valence-corrected chi connectivity index (χ0v) is 38.5. The van der Waals surface area contributed by atoms with Crippen LogP contribution in [-0.2, 0) is 16.2 Å². The number of fused-ring (bicyclic) bond motifs is 7. The lowest BCUT2D eigenvalue weighted by atomic mass is 9.35. The average molecular weight is 785 g/mol. The molecule has 2 aliphatic heterocycles. The normalized spacial score (nSPS) is 21.7. The molecule has 0 radical (unpaired) electrons. The fraction of sp³-hybridized carbons (Fsp3) is 0.444. The molecule has 5 aromatic rings. The highest BCUT2D eigenvalue weighted by Gasteiger charge is 2.48. The summed E-state index contributed by atoms with van der Waals surface area (Å²) in [4.78, 5) is 5.37. The van der Waals surface area contributed by atoms with Gasteiger partial charge in [-0.2, -0.15) is 0 Å². The van der Waals surface area contributed by atoms with E-state index in [0.29, 0.717) is 0 Å². The number of hydrogen-bond donors (Lipinski definition) is 0. The van der Waals surface area contributed by atoms with Crippen LogP contribution in [-0.4, -0.2) is 6.71 Å². The second kappa shape index (κ2) is 13.2. The molecule has 2 aliphatic carbocycles. The lowest BCUT2D eigenvalue weighted by molar-refractivity contribution is 0.241. The van der Waals surface area contributed by atoms with Crippen molar-refractivity contribution in [2.24, 2.45) is 10.8 Å². The van der Waals surface area contributed by atoms with Gasteiger partial charge in [-0.1, -0.05) is 119 Å². The lowest BCUT2D eigenvalue weighted by Gasteiger charge is -2.47. The van der Waals surface area contributed by atoms with Crippen LogP contribution < -0.4 is 25.5 Å². The van der Waals surface area contributed by atoms with Crippen LogP contribution in [0.2, 0.25) is 0 Å². The number of thiophene rings is 1. The van der Waals surface area contributed by atoms with Crippen LogP contribution in [0.4, 0.5) is 28.4 Å². The Hall–Kier alpha value is -4.02. The number of para-hydroxylation sites is 1. The topological polar surface area (TPSA) is 6.48 Å². The van der Waals surface area contributed by atoms with E-state index in [9.17, 15) is 0 Å². The smallest absolute Gasteiger partial charge is 0.264 e. The van der Waals surface area contributed by atoms with Crippen LogP contribution in [0.15, 0.2) is 90.7 Å². The molecule has 9 rings (SSSR count). The number of anilines is 5. The molecule has 0 saturated heterocycles. The van der Waals surface area contributed by atoms with E-state index in [0.717, 1.165) is 12.8 Å². The molecule has 0 spiro atoms. The number of benzene rings is 4. The molecular weight excluding hydrogens is 719 g/mol. The summed E-state index contributed by atoms with van der Waals surface area (Å²) in [5, 5.41) is 1.37. The molecule has 4 aromatic carbocycles. The van der Waals surface area contributed by atoms with Crippen molar-refractivity contribution in [2.45, 2.75) is 145 Å². The number of aryl methyl sites for hydroxylation is 2. The molecule has 0 fully saturated rings. The fourth-order valence-electron chi connectivity index (χ4n) is 10.5. The van der Waals surface area contributed by atoms with Crippen molar-refractivity contribution in [3.05, 3.63) is 118 Å². The van der Waals surface area contributed by atoms with Gasteiger partial charge in [-0.25, -0.2) is 0 Å². The first-order chi connectivity index (χ1) is 27.2. The molecule has 0 unspecified atom stereocenters. The Kier molecular flexibility index (Phi) is 9.01. The highest BCUT2D eigenvalue weighted by Crippen LogP contribution is 2.52. The molecule has 0 saturated carbocycles. The molecule has 3 heterocycles. The largest absolute Gasteiger partial charge is 0.312 e. The predicted molar refractivity (Wildman–Crippen MR) is 256 cm³/mol. The second-order valence-electron chi connectivity index (χ2n) is 22.4. The zero-order chi connectivity index (χ0) is 41.3. The monoisotopic (exact) mass is 784 g/mol. The number of nitrogens with zero attached hydrogens (tertiary/aromatic N) is 2. The number of rotatable bonds is 2. The Morgan fingerprint density at radius 2 is 1.29 bits per heavy atom. The Labute approximate surface area is 354 Å². The molecular formula is C54H65BN2S. The van der Waals surface area contributed by atoms with Crippen molar-refractivity contribution >= 4 is 72.3 Å². The van der Waals surface area contributed by atoms with Gasteiger partial charge >= 0.3 is 0 Å². The minimum Gasteiger partial charge on any atom is -0.312 e. The van der Waals surface area contributed by atoms with E-state index in [1.165, 1.54) is 113 Å². The van der Waals surface area contributed by atoms with Gasteiger partial charge in [0.05, 0.1) is 5.69 Å². The van der Waals surface area contributed by atoms with Crippen LogP contribution in [0.25, 0.3) is 10.1 Å². The Morgan fingerprint density at radius 1 is 0.655 bits per heavy atom. The molecule has 4 heteroatoms. The van der Waals surface area contributed by atoms with Gasteiger partial charge in [0.15, 0.2) is 0 Å². The molecule has 4 aliphatic rings. The van der Waals surface area contributed by atoms with Crippen molar-refractivity contribution in [1.82, 2.24) is 0 Å². The van der Waals surface area contributed by atoms with E-state index in [-0.39, 0.29) is 33.8 Å². The lowest BCUT2D eigenvalue weighted by Crippen LogP contribution is -2.61. The number of hydrogen-bond acceptors (Lipinski definition) is 3. The van der Waals surface area contributed by atoms with E-state index >= 15 is 0 Å². The summed E-state index contributed by atoms with van der Waals surface area (Å²) in [6, 6.07) is 26.7. The summed E-state index contributed by atoms with van der Waals surface area (Å²) >= 11 is 2.03. The van der Waals surface area contributed by atoms with Gasteiger partial charge in [-0.05, 0) is 161 Å². The Morgan fingerprint density at radius 3 is 1.97 bits per heavy atom. The van der Waals surface area contributed by atoms with Crippen LogP contribution in [0, 0.1) is 24.7 Å². The van der Waals surface area contributed by atoms with E-state index in [1.807, 2.05) is 11.3 Å². The summed E-state index contributed by atoms with van der Waals surface area (Å²) < 4.78 is 2.84. The molecule has 0 atom stereocenters. The van der Waals surface area contributed by atoms with Gasteiger partial charge < -0.3 is 9.80 Å². The first-order valence-electron chi connectivity index (χ1n) is 22.1. The van der Waals surface area contributed by atoms with Crippen LogP contribution in [0.5, 0.6) is 0 Å². The van der Waals surface area contributed by atoms with Crippen molar-refractivity contribution in [3.63, 3.8) is 0 Å². The third-order valence-electron chi connectivity index (χ3n) is 14.6. The second-order valence-corrected chi connectivity index (χ2v) is 23.5. The molecule has 1 aromatic heterocycles. The summed E-state index contributed by atoms with van der Waals surface area (Å²) in [6.07, 6.45) is 14.5. The van der Waals surface area contributed by atoms with Crippen molar-refractivity contribution in [3.8, 4) is 0 Å². The summed E-state index contributed by atoms with van der Waals surface area (Å²) in [7, 11) is 0. The van der Waals surface area contributed by atoms with Gasteiger partial charge in [0.1, 0.15) is 0 Å².